The van der Waals surface area contributed by atoms with Crippen molar-refractivity contribution in [3.05, 3.63) is 63.1 Å². The van der Waals surface area contributed by atoms with Gasteiger partial charge < -0.3 is 14.2 Å². The van der Waals surface area contributed by atoms with E-state index in [1.165, 1.54) is 5.70 Å². The van der Waals surface area contributed by atoms with E-state index >= 15 is 0 Å². The zero-order valence-electron chi connectivity index (χ0n) is 20.7. The first-order valence-corrected chi connectivity index (χ1v) is 12.5. The molecule has 1 N–H and O–H groups in total. The number of hydrogen-bond acceptors (Lipinski definition) is 4. The van der Waals surface area contributed by atoms with Gasteiger partial charge in [0.05, 0.1) is 13.2 Å². The van der Waals surface area contributed by atoms with Crippen molar-refractivity contribution in [2.24, 2.45) is 7.05 Å². The van der Waals surface area contributed by atoms with Gasteiger partial charge in [0.15, 0.2) is 0 Å². The summed E-state index contributed by atoms with van der Waals surface area (Å²) in [4.78, 5) is 2.52. The Morgan fingerprint density at radius 3 is 2.53 bits per heavy atom. The van der Waals surface area contributed by atoms with Crippen LogP contribution in [0.2, 0.25) is 0 Å². The second-order valence-corrected chi connectivity index (χ2v) is 10.5. The number of aromatic nitrogens is 1. The van der Waals surface area contributed by atoms with Crippen molar-refractivity contribution in [2.45, 2.75) is 33.2 Å². The van der Waals surface area contributed by atoms with Crippen molar-refractivity contribution < 1.29 is 8.95 Å². The summed E-state index contributed by atoms with van der Waals surface area (Å²) in [6.45, 7) is 15.4. The van der Waals surface area contributed by atoms with E-state index in [9.17, 15) is 9.47 Å². The molecule has 1 fully saturated rings. The maximum Gasteiger partial charge on any atom is 0.136 e. The first-order chi connectivity index (χ1) is 16.1. The molecule has 3 rings (SSSR count). The molecule has 1 aromatic heterocycles. The minimum Gasteiger partial charge on any atom is -0.378 e. The molecule has 0 amide bonds. The third-order valence-corrected chi connectivity index (χ3v) is 6.97. The summed E-state index contributed by atoms with van der Waals surface area (Å²) in [5.74, 6) is 0. The first-order valence-electron chi connectivity index (χ1n) is 11.4. The minimum absolute atomic E-state index is 0.187. The number of rotatable bonds is 6. The molecule has 0 radical (unpaired) electrons. The monoisotopic (exact) mass is 478 g/mol. The number of ether oxygens (including phenoxy) is 1. The summed E-state index contributed by atoms with van der Waals surface area (Å²) in [5.41, 5.74) is 3.64. The van der Waals surface area contributed by atoms with Crippen LogP contribution in [0, 0.1) is 11.3 Å². The molecule has 1 aliphatic heterocycles. The van der Waals surface area contributed by atoms with Gasteiger partial charge in [-0.05, 0) is 74.0 Å². The van der Waals surface area contributed by atoms with Gasteiger partial charge in [0.25, 0.3) is 0 Å². The van der Waals surface area contributed by atoms with Crippen LogP contribution in [-0.2, 0) is 22.8 Å². The van der Waals surface area contributed by atoms with Crippen LogP contribution < -0.4 is 15.2 Å². The van der Waals surface area contributed by atoms with E-state index < -0.39 is 11.0 Å². The highest BCUT2D eigenvalue weighted by molar-refractivity contribution is 7.87. The Labute approximate surface area is 205 Å². The average Bonchev–Trinajstić information content (AvgIpc) is 3.15. The van der Waals surface area contributed by atoms with Crippen LogP contribution in [0.5, 0.6) is 0 Å². The number of allylic oxidation sites excluding steroid dienone is 3. The van der Waals surface area contributed by atoms with E-state index in [0.29, 0.717) is 0 Å². The van der Waals surface area contributed by atoms with Gasteiger partial charge in [-0.25, -0.2) is 8.93 Å². The number of nitrogens with one attached hydrogen (secondary N) is 1. The predicted molar refractivity (Wildman–Crippen MR) is 141 cm³/mol. The van der Waals surface area contributed by atoms with Gasteiger partial charge in [-0.1, -0.05) is 24.8 Å². The van der Waals surface area contributed by atoms with Gasteiger partial charge >= 0.3 is 0 Å². The number of benzene rings is 1. The molecule has 1 aromatic carbocycles. The van der Waals surface area contributed by atoms with Gasteiger partial charge in [0.1, 0.15) is 22.0 Å². The molecule has 6 nitrogen and oxygen atoms in total. The molecule has 7 heteroatoms. The lowest BCUT2D eigenvalue weighted by Crippen LogP contribution is -2.37. The van der Waals surface area contributed by atoms with Crippen molar-refractivity contribution in [3.8, 4) is 17.3 Å². The lowest BCUT2D eigenvalue weighted by atomic mass is 10.1. The first kappa shape index (κ1) is 25.7. The fourth-order valence-corrected chi connectivity index (χ4v) is 4.78. The van der Waals surface area contributed by atoms with Crippen molar-refractivity contribution in [3.63, 3.8) is 0 Å². The number of nitriles is 1. The van der Waals surface area contributed by atoms with E-state index in [-0.39, 0.29) is 10.4 Å². The van der Waals surface area contributed by atoms with Crippen LogP contribution in [0.3, 0.4) is 0 Å². The minimum atomic E-state index is -1.58. The SMILES string of the molecule is C=c1cc(-c2ccc(/C=C(\C#N)S(=O)NC(C)(C)C)n2C)cc/c1=C/C(=C\C)N1CCOCC1. The maximum atomic E-state index is 12.6. The molecule has 2 aromatic rings. The summed E-state index contributed by atoms with van der Waals surface area (Å²) in [6.07, 6.45) is 5.97. The molecule has 34 heavy (non-hydrogen) atoms. The zero-order chi connectivity index (χ0) is 24.9. The molecule has 1 saturated heterocycles. The lowest BCUT2D eigenvalue weighted by Gasteiger charge is -2.29. The summed E-state index contributed by atoms with van der Waals surface area (Å²) in [5, 5.41) is 11.6. The Balaban J connectivity index is 1.89. The van der Waals surface area contributed by atoms with Crippen LogP contribution >= 0.6 is 0 Å². The van der Waals surface area contributed by atoms with E-state index in [1.54, 1.807) is 6.08 Å². The smallest absolute Gasteiger partial charge is 0.136 e. The fourth-order valence-electron chi connectivity index (χ4n) is 3.80. The van der Waals surface area contributed by atoms with E-state index in [0.717, 1.165) is 53.7 Å². The van der Waals surface area contributed by atoms with Crippen molar-refractivity contribution in [2.75, 3.05) is 26.3 Å². The Kier molecular flexibility index (Phi) is 8.32. The molecular formula is C27H34N4O2S. The van der Waals surface area contributed by atoms with Crippen molar-refractivity contribution in [1.82, 2.24) is 14.2 Å². The fraction of sp³-hybridized carbons (Fsp3) is 0.370. The van der Waals surface area contributed by atoms with E-state index in [1.807, 2.05) is 44.5 Å². The summed E-state index contributed by atoms with van der Waals surface area (Å²) in [7, 11) is 0.358. The number of nitrogens with zero attached hydrogens (tertiary/aromatic N) is 3. The van der Waals surface area contributed by atoms with Crippen LogP contribution in [0.15, 0.2) is 47.0 Å². The van der Waals surface area contributed by atoms with Gasteiger partial charge in [0, 0.05) is 42.8 Å². The van der Waals surface area contributed by atoms with E-state index in [4.69, 9.17) is 4.74 Å². The molecule has 1 aliphatic rings. The van der Waals surface area contributed by atoms with Crippen LogP contribution in [0.25, 0.3) is 30.0 Å². The van der Waals surface area contributed by atoms with Crippen LogP contribution in [0.1, 0.15) is 33.4 Å². The van der Waals surface area contributed by atoms with Gasteiger partial charge in [-0.15, -0.1) is 0 Å². The Bertz CT molecular complexity index is 1270. The lowest BCUT2D eigenvalue weighted by molar-refractivity contribution is 0.0561. The summed E-state index contributed by atoms with van der Waals surface area (Å²) < 4.78 is 23.0. The zero-order valence-corrected chi connectivity index (χ0v) is 21.5. The highest BCUT2D eigenvalue weighted by Gasteiger charge is 2.17. The van der Waals surface area contributed by atoms with Gasteiger partial charge in [-0.2, -0.15) is 5.26 Å². The van der Waals surface area contributed by atoms with Crippen LogP contribution in [-0.4, -0.2) is 45.5 Å². The Morgan fingerprint density at radius 1 is 1.24 bits per heavy atom. The molecule has 1 unspecified atom stereocenters. The third kappa shape index (κ3) is 6.35. The van der Waals surface area contributed by atoms with E-state index in [2.05, 4.69) is 59.5 Å². The molecule has 0 aliphatic carbocycles. The second kappa shape index (κ2) is 11.0. The summed E-state index contributed by atoms with van der Waals surface area (Å²) in [6, 6.07) is 12.3. The molecule has 180 valence electrons. The topological polar surface area (TPSA) is 70.3 Å². The predicted octanol–water partition coefficient (Wildman–Crippen LogP) is 3.04. The third-order valence-electron chi connectivity index (χ3n) is 5.56. The summed E-state index contributed by atoms with van der Waals surface area (Å²) >= 11 is 0. The Hall–Kier alpha value is -2.92. The molecule has 0 spiro atoms. The van der Waals surface area contributed by atoms with Crippen molar-refractivity contribution in [1.29, 1.82) is 5.26 Å². The average molecular weight is 479 g/mol. The van der Waals surface area contributed by atoms with Crippen molar-refractivity contribution >= 4 is 29.7 Å². The van der Waals surface area contributed by atoms with Crippen LogP contribution in [0.4, 0.5) is 0 Å². The molecule has 1 atom stereocenters. The highest BCUT2D eigenvalue weighted by atomic mass is 32.2. The number of hydrogen-bond donors (Lipinski definition) is 1. The molecule has 0 saturated carbocycles. The van der Waals surface area contributed by atoms with Gasteiger partial charge in [0.2, 0.25) is 0 Å². The molecule has 0 bridgehead atoms. The van der Waals surface area contributed by atoms with Gasteiger partial charge in [-0.3, -0.25) is 0 Å². The standard InChI is InChI=1S/C27H34N4O2S/c1-7-23(31-12-14-33-15-13-31)17-21-8-9-22(16-20(21)2)26-11-10-24(30(26)6)18-25(19-28)34(32)29-27(3,4)5/h7-11,16-18,29H,2,12-15H2,1,3-6H3/b21-17-,23-7+,25-18+. The highest BCUT2D eigenvalue weighted by Crippen LogP contribution is 2.22. The maximum absolute atomic E-state index is 12.6. The molecular weight excluding hydrogens is 444 g/mol. The largest absolute Gasteiger partial charge is 0.378 e. The molecule has 2 heterocycles. The normalized spacial score (nSPS) is 17.1. The second-order valence-electron chi connectivity index (χ2n) is 9.31. The number of morpholine rings is 1. The Morgan fingerprint density at radius 2 is 1.94 bits per heavy atom. The quantitative estimate of drug-likeness (QED) is 0.648.